The molecule has 124 valence electrons. The van der Waals surface area contributed by atoms with Crippen molar-refractivity contribution in [1.29, 1.82) is 0 Å². The van der Waals surface area contributed by atoms with Crippen molar-refractivity contribution in [2.24, 2.45) is 11.1 Å². The second kappa shape index (κ2) is 8.18. The summed E-state index contributed by atoms with van der Waals surface area (Å²) in [5, 5.41) is 0. The zero-order valence-corrected chi connectivity index (χ0v) is 15.5. The molecule has 1 aliphatic heterocycles. The third-order valence-electron chi connectivity index (χ3n) is 4.25. The summed E-state index contributed by atoms with van der Waals surface area (Å²) in [4.78, 5) is 14.2. The molecule has 6 heteroatoms. The van der Waals surface area contributed by atoms with E-state index in [1.165, 1.54) is 0 Å². The molecule has 1 heterocycles. The quantitative estimate of drug-likeness (QED) is 0.839. The molecule has 1 saturated heterocycles. The summed E-state index contributed by atoms with van der Waals surface area (Å²) in [5.41, 5.74) is 7.02. The number of nitrogens with two attached hydrogens (primary N) is 1. The van der Waals surface area contributed by atoms with Gasteiger partial charge in [-0.15, -0.1) is 12.4 Å². The van der Waals surface area contributed by atoms with E-state index in [-0.39, 0.29) is 23.7 Å². The molecule has 0 radical (unpaired) electrons. The smallest absolute Gasteiger partial charge is 0.222 e. The molecule has 4 nitrogen and oxygen atoms in total. The van der Waals surface area contributed by atoms with Gasteiger partial charge in [-0.25, -0.2) is 0 Å². The van der Waals surface area contributed by atoms with Gasteiger partial charge in [0.15, 0.2) is 0 Å². The number of aryl methyl sites for hydroxylation is 1. The Balaban J connectivity index is 0.00000242. The van der Waals surface area contributed by atoms with Crippen LogP contribution in [0.5, 0.6) is 5.75 Å². The van der Waals surface area contributed by atoms with Gasteiger partial charge in [-0.05, 0) is 58.4 Å². The normalized spacial score (nSPS) is 20.6. The molecule has 0 bridgehead atoms. The molecule has 1 atom stereocenters. The predicted octanol–water partition coefficient (Wildman–Crippen LogP) is 3.01. The number of hydrogen-bond acceptors (Lipinski definition) is 3. The van der Waals surface area contributed by atoms with Crippen LogP contribution >= 0.6 is 28.3 Å². The lowest BCUT2D eigenvalue weighted by Crippen LogP contribution is -2.34. The lowest BCUT2D eigenvalue weighted by Gasteiger charge is -2.22. The fraction of sp³-hybridized carbons (Fsp3) is 0.562. The van der Waals surface area contributed by atoms with Gasteiger partial charge in [-0.1, -0.05) is 13.0 Å². The maximum atomic E-state index is 12.3. The van der Waals surface area contributed by atoms with Gasteiger partial charge >= 0.3 is 0 Å². The first-order chi connectivity index (χ1) is 9.97. The Kier molecular flexibility index (Phi) is 7.16. The molecular formula is C16H24BrClN2O2. The number of benzene rings is 1. The van der Waals surface area contributed by atoms with E-state index in [2.05, 4.69) is 22.9 Å². The van der Waals surface area contributed by atoms with Crippen LogP contribution in [0.2, 0.25) is 0 Å². The molecule has 1 fully saturated rings. The van der Waals surface area contributed by atoms with Crippen molar-refractivity contribution in [1.82, 2.24) is 4.90 Å². The van der Waals surface area contributed by atoms with E-state index in [1.807, 2.05) is 23.1 Å². The summed E-state index contributed by atoms with van der Waals surface area (Å²) < 4.78 is 6.13. The predicted molar refractivity (Wildman–Crippen MR) is 94.6 cm³/mol. The summed E-state index contributed by atoms with van der Waals surface area (Å²) in [5.74, 6) is 1.03. The Morgan fingerprint density at radius 2 is 2.23 bits per heavy atom. The summed E-state index contributed by atoms with van der Waals surface area (Å²) in [6.45, 7) is 4.41. The number of ether oxygens (including phenoxy) is 1. The average Bonchev–Trinajstić information content (AvgIpc) is 2.88. The molecule has 2 rings (SSSR count). The third-order valence-corrected chi connectivity index (χ3v) is 4.87. The van der Waals surface area contributed by atoms with Crippen molar-refractivity contribution in [2.45, 2.75) is 26.2 Å². The van der Waals surface area contributed by atoms with Crippen molar-refractivity contribution < 1.29 is 9.53 Å². The molecular weight excluding hydrogens is 368 g/mol. The molecule has 1 aromatic rings. The number of halogens is 2. The number of likely N-dealkylation sites (tertiary alicyclic amines) is 1. The van der Waals surface area contributed by atoms with Crippen LogP contribution in [-0.4, -0.2) is 37.6 Å². The van der Waals surface area contributed by atoms with Crippen LogP contribution in [0.4, 0.5) is 0 Å². The largest absolute Gasteiger partial charge is 0.496 e. The van der Waals surface area contributed by atoms with E-state index in [0.717, 1.165) is 41.7 Å². The van der Waals surface area contributed by atoms with E-state index >= 15 is 0 Å². The minimum atomic E-state index is 0. The SMILES string of the molecule is COc1ccc(CCC(=O)N2CCC(C)(CN)C2)cc1Br.Cl. The fourth-order valence-electron chi connectivity index (χ4n) is 2.68. The number of carbonyl (C=O) groups is 1. The van der Waals surface area contributed by atoms with Crippen molar-refractivity contribution in [3.63, 3.8) is 0 Å². The maximum absolute atomic E-state index is 12.3. The first-order valence-electron chi connectivity index (χ1n) is 7.28. The highest BCUT2D eigenvalue weighted by Gasteiger charge is 2.34. The summed E-state index contributed by atoms with van der Waals surface area (Å²) in [6.07, 6.45) is 2.29. The first-order valence-corrected chi connectivity index (χ1v) is 8.07. The molecule has 0 aliphatic carbocycles. The summed E-state index contributed by atoms with van der Waals surface area (Å²) in [6, 6.07) is 5.94. The van der Waals surface area contributed by atoms with Crippen LogP contribution < -0.4 is 10.5 Å². The van der Waals surface area contributed by atoms with Crippen LogP contribution in [0.25, 0.3) is 0 Å². The molecule has 1 aliphatic rings. The van der Waals surface area contributed by atoms with E-state index < -0.39 is 0 Å². The molecule has 2 N–H and O–H groups in total. The van der Waals surface area contributed by atoms with E-state index in [0.29, 0.717) is 13.0 Å². The minimum absolute atomic E-state index is 0. The lowest BCUT2D eigenvalue weighted by molar-refractivity contribution is -0.130. The zero-order valence-electron chi connectivity index (χ0n) is 13.1. The second-order valence-corrected chi connectivity index (χ2v) is 6.90. The second-order valence-electron chi connectivity index (χ2n) is 6.05. The number of hydrogen-bond donors (Lipinski definition) is 1. The number of rotatable bonds is 5. The Morgan fingerprint density at radius 1 is 1.50 bits per heavy atom. The molecule has 1 unspecified atom stereocenters. The minimum Gasteiger partial charge on any atom is -0.496 e. The van der Waals surface area contributed by atoms with Gasteiger partial charge in [0.05, 0.1) is 11.6 Å². The van der Waals surface area contributed by atoms with Gasteiger partial charge in [0, 0.05) is 19.5 Å². The fourth-order valence-corrected chi connectivity index (χ4v) is 3.27. The van der Waals surface area contributed by atoms with Gasteiger partial charge in [0.1, 0.15) is 5.75 Å². The first kappa shape index (κ1) is 19.3. The van der Waals surface area contributed by atoms with Gasteiger partial charge in [-0.2, -0.15) is 0 Å². The summed E-state index contributed by atoms with van der Waals surface area (Å²) in [7, 11) is 1.64. The number of nitrogens with zero attached hydrogens (tertiary/aromatic N) is 1. The molecule has 0 saturated carbocycles. The standard InChI is InChI=1S/C16H23BrN2O2.ClH/c1-16(10-18)7-8-19(11-16)15(20)6-4-12-3-5-14(21-2)13(17)9-12;/h3,5,9H,4,6-8,10-11,18H2,1-2H3;1H. The highest BCUT2D eigenvalue weighted by molar-refractivity contribution is 9.10. The van der Waals surface area contributed by atoms with Gasteiger partial charge < -0.3 is 15.4 Å². The monoisotopic (exact) mass is 390 g/mol. The zero-order chi connectivity index (χ0) is 15.5. The topological polar surface area (TPSA) is 55.6 Å². The Labute approximate surface area is 146 Å². The lowest BCUT2D eigenvalue weighted by atomic mass is 9.90. The molecule has 1 amide bonds. The molecule has 1 aromatic carbocycles. The summed E-state index contributed by atoms with van der Waals surface area (Å²) >= 11 is 3.47. The molecule has 0 spiro atoms. The van der Waals surface area contributed by atoms with Gasteiger partial charge in [0.25, 0.3) is 0 Å². The molecule has 22 heavy (non-hydrogen) atoms. The Bertz CT molecular complexity index is 527. The van der Waals surface area contributed by atoms with Crippen molar-refractivity contribution in [2.75, 3.05) is 26.7 Å². The number of methoxy groups -OCH3 is 1. The van der Waals surface area contributed by atoms with E-state index in [9.17, 15) is 4.79 Å². The highest BCUT2D eigenvalue weighted by atomic mass is 79.9. The molecule has 0 aromatic heterocycles. The van der Waals surface area contributed by atoms with Gasteiger partial charge in [0.2, 0.25) is 5.91 Å². The van der Waals surface area contributed by atoms with Crippen molar-refractivity contribution in [3.8, 4) is 5.75 Å². The number of amides is 1. The van der Waals surface area contributed by atoms with Gasteiger partial charge in [-0.3, -0.25) is 4.79 Å². The van der Waals surface area contributed by atoms with Crippen LogP contribution in [0.15, 0.2) is 22.7 Å². The Morgan fingerprint density at radius 3 is 2.77 bits per heavy atom. The average molecular weight is 392 g/mol. The van der Waals surface area contributed by atoms with Crippen molar-refractivity contribution >= 4 is 34.2 Å². The van der Waals surface area contributed by atoms with Crippen molar-refractivity contribution in [3.05, 3.63) is 28.2 Å². The van der Waals surface area contributed by atoms with E-state index in [4.69, 9.17) is 10.5 Å². The number of carbonyl (C=O) groups excluding carboxylic acids is 1. The Hall–Kier alpha value is -0.780. The highest BCUT2D eigenvalue weighted by Crippen LogP contribution is 2.29. The van der Waals surface area contributed by atoms with E-state index in [1.54, 1.807) is 7.11 Å². The maximum Gasteiger partial charge on any atom is 0.222 e. The van der Waals surface area contributed by atoms with Crippen LogP contribution in [0.3, 0.4) is 0 Å². The van der Waals surface area contributed by atoms with Crippen LogP contribution in [0, 0.1) is 5.41 Å². The van der Waals surface area contributed by atoms with Crippen LogP contribution in [-0.2, 0) is 11.2 Å². The third kappa shape index (κ3) is 4.61. The van der Waals surface area contributed by atoms with Crippen LogP contribution in [0.1, 0.15) is 25.3 Å².